The number of amides is 1. The van der Waals surface area contributed by atoms with Crippen LogP contribution in [0.15, 0.2) is 23.1 Å². The van der Waals surface area contributed by atoms with Gasteiger partial charge in [0.05, 0.1) is 4.90 Å². The molecule has 1 aliphatic heterocycles. The van der Waals surface area contributed by atoms with Crippen molar-refractivity contribution in [2.24, 2.45) is 0 Å². The zero-order chi connectivity index (χ0) is 17.8. The smallest absolute Gasteiger partial charge is 0.410 e. The summed E-state index contributed by atoms with van der Waals surface area (Å²) in [5.74, 6) is 0. The molecule has 0 aliphatic carbocycles. The molecule has 6 nitrogen and oxygen atoms in total. The van der Waals surface area contributed by atoms with Gasteiger partial charge in [-0.3, -0.25) is 4.55 Å². The quantitative estimate of drug-likeness (QED) is 0.792. The van der Waals surface area contributed by atoms with Gasteiger partial charge in [-0.05, 0) is 52.7 Å². The summed E-state index contributed by atoms with van der Waals surface area (Å²) in [6, 6.07) is 4.76. The number of ether oxygens (including phenoxy) is 1. The van der Waals surface area contributed by atoms with Crippen molar-refractivity contribution in [3.8, 4) is 0 Å². The van der Waals surface area contributed by atoms with Crippen LogP contribution in [0.5, 0.6) is 0 Å². The first-order valence-corrected chi connectivity index (χ1v) is 8.87. The summed E-state index contributed by atoms with van der Waals surface area (Å²) < 4.78 is 35.3. The molecule has 130 valence electrons. The van der Waals surface area contributed by atoms with Gasteiger partial charge in [-0.15, -0.1) is 0 Å². The van der Waals surface area contributed by atoms with Gasteiger partial charge >= 0.3 is 6.09 Å². The highest BCUT2D eigenvalue weighted by Gasteiger charge is 2.25. The molecule has 1 fully saturated rings. The van der Waals surface area contributed by atoms with Crippen LogP contribution in [-0.2, 0) is 14.9 Å². The Labute approximate surface area is 138 Å². The second-order valence-electron chi connectivity index (χ2n) is 6.56. The maximum atomic E-state index is 11.1. The van der Waals surface area contributed by atoms with E-state index in [0.29, 0.717) is 5.56 Å². The van der Waals surface area contributed by atoms with Crippen LogP contribution in [0.25, 0.3) is 0 Å². The second kappa shape index (κ2) is 7.31. The van der Waals surface area contributed by atoms with Gasteiger partial charge < -0.3 is 9.64 Å². The van der Waals surface area contributed by atoms with Gasteiger partial charge in [-0.1, -0.05) is 17.7 Å². The van der Waals surface area contributed by atoms with Crippen molar-refractivity contribution in [2.75, 3.05) is 13.1 Å². The highest BCUT2D eigenvalue weighted by molar-refractivity contribution is 7.85. The Hall–Kier alpha value is -1.60. The highest BCUT2D eigenvalue weighted by atomic mass is 32.2. The van der Waals surface area contributed by atoms with Crippen LogP contribution >= 0.6 is 0 Å². The second-order valence-corrected chi connectivity index (χ2v) is 7.95. The lowest BCUT2D eigenvalue weighted by atomic mass is 10.2. The van der Waals surface area contributed by atoms with Gasteiger partial charge in [0.25, 0.3) is 10.1 Å². The molecule has 7 heteroatoms. The summed E-state index contributed by atoms with van der Waals surface area (Å²) in [5, 5.41) is 0. The summed E-state index contributed by atoms with van der Waals surface area (Å²) in [5.41, 5.74) is 1.18. The average Bonchev–Trinajstić information content (AvgIpc) is 2.21. The van der Waals surface area contributed by atoms with E-state index in [1.165, 1.54) is 6.07 Å². The molecule has 1 aromatic carbocycles. The van der Waals surface area contributed by atoms with Crippen LogP contribution in [0.1, 0.15) is 38.3 Å². The fourth-order valence-corrected chi connectivity index (χ4v) is 2.62. The third kappa shape index (κ3) is 6.58. The lowest BCUT2D eigenvalue weighted by molar-refractivity contribution is 0.0131. The standard InChI is InChI=1S/C8H15NO2.C8H10O3S/c1-8(2,3)11-7(10)9-5-4-6-9;1-6-3-4-8(7(2)5-6)12(9,10)11/h4-6H2,1-3H3;3-5H,1-2H3,(H,9,10,11). The SMILES string of the molecule is CC(C)(C)OC(=O)N1CCC1.Cc1ccc(S(=O)(=O)O)c(C)c1. The van der Waals surface area contributed by atoms with E-state index in [1.807, 2.05) is 27.7 Å². The molecule has 0 unspecified atom stereocenters. The molecule has 1 saturated heterocycles. The summed E-state index contributed by atoms with van der Waals surface area (Å²) in [6.07, 6.45) is 0.933. The van der Waals surface area contributed by atoms with Gasteiger partial charge in [-0.25, -0.2) is 4.79 Å². The van der Waals surface area contributed by atoms with E-state index in [1.54, 1.807) is 24.0 Å². The number of benzene rings is 1. The molecule has 0 aromatic heterocycles. The minimum atomic E-state index is -4.05. The van der Waals surface area contributed by atoms with Crippen LogP contribution in [0.4, 0.5) is 4.79 Å². The predicted molar refractivity (Wildman–Crippen MR) is 88.2 cm³/mol. The first-order chi connectivity index (χ1) is 10.4. The number of rotatable bonds is 1. The van der Waals surface area contributed by atoms with Crippen molar-refractivity contribution in [3.05, 3.63) is 29.3 Å². The molecule has 1 aromatic rings. The lowest BCUT2D eigenvalue weighted by Gasteiger charge is -2.32. The van der Waals surface area contributed by atoms with E-state index >= 15 is 0 Å². The largest absolute Gasteiger partial charge is 0.444 e. The number of carbonyl (C=O) groups is 1. The van der Waals surface area contributed by atoms with Gasteiger partial charge in [0.1, 0.15) is 5.60 Å². The lowest BCUT2D eigenvalue weighted by Crippen LogP contribution is -2.44. The Kier molecular flexibility index (Phi) is 6.18. The molecule has 0 radical (unpaired) electrons. The van der Waals surface area contributed by atoms with Crippen LogP contribution in [-0.4, -0.2) is 42.7 Å². The number of nitrogens with zero attached hydrogens (tertiary/aromatic N) is 1. The van der Waals surface area contributed by atoms with E-state index < -0.39 is 10.1 Å². The average molecular weight is 343 g/mol. The molecule has 2 rings (SSSR count). The Bertz CT molecular complexity index is 658. The maximum Gasteiger partial charge on any atom is 0.410 e. The molecule has 0 atom stereocenters. The monoisotopic (exact) mass is 343 g/mol. The molecule has 0 saturated carbocycles. The summed E-state index contributed by atoms with van der Waals surface area (Å²) >= 11 is 0. The Morgan fingerprint density at radius 1 is 1.22 bits per heavy atom. The molecule has 0 spiro atoms. The Morgan fingerprint density at radius 2 is 1.78 bits per heavy atom. The topological polar surface area (TPSA) is 83.9 Å². The van der Waals surface area contributed by atoms with E-state index in [9.17, 15) is 13.2 Å². The normalized spacial score (nSPS) is 14.4. The number of aryl methyl sites for hydroxylation is 2. The molecule has 1 N–H and O–H groups in total. The predicted octanol–water partition coefficient (Wildman–Crippen LogP) is 3.18. The number of hydrogen-bond acceptors (Lipinski definition) is 4. The van der Waals surface area contributed by atoms with Crippen molar-refractivity contribution in [1.82, 2.24) is 4.90 Å². The number of hydrogen-bond donors (Lipinski definition) is 1. The first kappa shape index (κ1) is 19.4. The number of carbonyl (C=O) groups excluding carboxylic acids is 1. The maximum absolute atomic E-state index is 11.1. The Morgan fingerprint density at radius 3 is 2.13 bits per heavy atom. The van der Waals surface area contributed by atoms with E-state index in [2.05, 4.69) is 0 Å². The molecular formula is C16H25NO5S. The third-order valence-corrected chi connectivity index (χ3v) is 4.13. The van der Waals surface area contributed by atoms with Crippen LogP contribution in [0.3, 0.4) is 0 Å². The minimum absolute atomic E-state index is 0.0203. The Balaban J connectivity index is 0.000000231. The third-order valence-electron chi connectivity index (χ3n) is 3.12. The molecule has 23 heavy (non-hydrogen) atoms. The van der Waals surface area contributed by atoms with Crippen molar-refractivity contribution >= 4 is 16.2 Å². The van der Waals surface area contributed by atoms with Crippen molar-refractivity contribution < 1.29 is 22.5 Å². The van der Waals surface area contributed by atoms with Gasteiger partial charge in [-0.2, -0.15) is 8.42 Å². The molecule has 1 aliphatic rings. The summed E-state index contributed by atoms with van der Waals surface area (Å²) in [6.45, 7) is 10.9. The van der Waals surface area contributed by atoms with Gasteiger partial charge in [0.2, 0.25) is 0 Å². The molecular weight excluding hydrogens is 318 g/mol. The van der Waals surface area contributed by atoms with Gasteiger partial charge in [0, 0.05) is 13.1 Å². The molecule has 0 bridgehead atoms. The van der Waals surface area contributed by atoms with Crippen molar-refractivity contribution in [3.63, 3.8) is 0 Å². The fourth-order valence-electron chi connectivity index (χ4n) is 1.91. The van der Waals surface area contributed by atoms with Crippen molar-refractivity contribution in [1.29, 1.82) is 0 Å². The van der Waals surface area contributed by atoms with Crippen LogP contribution in [0.2, 0.25) is 0 Å². The minimum Gasteiger partial charge on any atom is -0.444 e. The molecule has 1 amide bonds. The van der Waals surface area contributed by atoms with Crippen LogP contribution < -0.4 is 0 Å². The number of likely N-dealkylation sites (tertiary alicyclic amines) is 1. The van der Waals surface area contributed by atoms with E-state index in [-0.39, 0.29) is 16.6 Å². The molecule has 1 heterocycles. The summed E-state index contributed by atoms with van der Waals surface area (Å²) in [4.78, 5) is 12.8. The van der Waals surface area contributed by atoms with Crippen LogP contribution in [0, 0.1) is 13.8 Å². The zero-order valence-electron chi connectivity index (χ0n) is 14.3. The fraction of sp³-hybridized carbons (Fsp3) is 0.562. The van der Waals surface area contributed by atoms with Gasteiger partial charge in [0.15, 0.2) is 0 Å². The van der Waals surface area contributed by atoms with Crippen molar-refractivity contribution in [2.45, 2.75) is 51.5 Å². The zero-order valence-corrected chi connectivity index (χ0v) is 15.1. The van der Waals surface area contributed by atoms with E-state index in [0.717, 1.165) is 25.1 Å². The summed E-state index contributed by atoms with van der Waals surface area (Å²) in [7, 11) is -4.05. The highest BCUT2D eigenvalue weighted by Crippen LogP contribution is 2.15. The van der Waals surface area contributed by atoms with E-state index in [4.69, 9.17) is 9.29 Å². The first-order valence-electron chi connectivity index (χ1n) is 7.43.